The monoisotopic (exact) mass is 308 g/mol. The Morgan fingerprint density at radius 1 is 1.33 bits per heavy atom. The third-order valence-corrected chi connectivity index (χ3v) is 3.45. The lowest BCUT2D eigenvalue weighted by Gasteiger charge is -2.06. The highest BCUT2D eigenvalue weighted by Gasteiger charge is 2.08. The van der Waals surface area contributed by atoms with Crippen LogP contribution in [0.25, 0.3) is 11.4 Å². The fourth-order valence-electron chi connectivity index (χ4n) is 1.63. The molecule has 0 radical (unpaired) electrons. The average molecular weight is 309 g/mol. The molecular weight excluding hydrogens is 296 g/mol. The highest BCUT2D eigenvalue weighted by Crippen LogP contribution is 2.20. The Hall–Kier alpha value is -1.62. The molecule has 0 saturated heterocycles. The van der Waals surface area contributed by atoms with Gasteiger partial charge in [-0.1, -0.05) is 6.92 Å². The predicted molar refractivity (Wildman–Crippen MR) is 73.9 cm³/mol. The van der Waals surface area contributed by atoms with Gasteiger partial charge in [-0.05, 0) is 46.6 Å². The van der Waals surface area contributed by atoms with Crippen molar-refractivity contribution in [1.29, 1.82) is 0 Å². The molecule has 0 saturated carbocycles. The van der Waals surface area contributed by atoms with Crippen LogP contribution in [0.1, 0.15) is 12.6 Å². The van der Waals surface area contributed by atoms with Crippen molar-refractivity contribution < 1.29 is 4.74 Å². The van der Waals surface area contributed by atoms with Crippen LogP contribution in [0.2, 0.25) is 0 Å². The zero-order valence-corrected chi connectivity index (χ0v) is 11.7. The minimum atomic E-state index is -0.160. The summed E-state index contributed by atoms with van der Waals surface area (Å²) < 4.78 is 5.60. The molecule has 4 nitrogen and oxygen atoms in total. The second-order valence-electron chi connectivity index (χ2n) is 3.76. The number of nitrogens with one attached hydrogen (secondary N) is 1. The van der Waals surface area contributed by atoms with Crippen molar-refractivity contribution in [3.05, 3.63) is 44.8 Å². The average Bonchev–Trinajstić information content (AvgIpc) is 2.42. The standard InChI is InChI=1S/C13H13BrN2O2/c1-3-10-11(14)13(17)16-12(15-10)8-4-6-9(18-2)7-5-8/h4-7H,3H2,1-2H3,(H,15,16,17). The Balaban J connectivity index is 2.50. The van der Waals surface area contributed by atoms with E-state index in [0.717, 1.165) is 17.0 Å². The van der Waals surface area contributed by atoms with Gasteiger partial charge in [-0.2, -0.15) is 0 Å². The number of ether oxygens (including phenoxy) is 1. The van der Waals surface area contributed by atoms with Gasteiger partial charge in [-0.3, -0.25) is 4.79 Å². The summed E-state index contributed by atoms with van der Waals surface area (Å²) in [6.45, 7) is 1.96. The van der Waals surface area contributed by atoms with Gasteiger partial charge in [0.1, 0.15) is 16.0 Å². The van der Waals surface area contributed by atoms with Crippen molar-refractivity contribution in [2.24, 2.45) is 0 Å². The van der Waals surface area contributed by atoms with Gasteiger partial charge < -0.3 is 9.72 Å². The molecule has 0 spiro atoms. The summed E-state index contributed by atoms with van der Waals surface area (Å²) in [6.07, 6.45) is 0.702. The molecule has 1 heterocycles. The fourth-order valence-corrected chi connectivity index (χ4v) is 2.09. The zero-order valence-electron chi connectivity index (χ0n) is 10.2. The first-order valence-electron chi connectivity index (χ1n) is 5.58. The molecule has 1 aromatic heterocycles. The molecular formula is C13H13BrN2O2. The molecule has 0 aliphatic carbocycles. The lowest BCUT2D eigenvalue weighted by atomic mass is 10.2. The fraction of sp³-hybridized carbons (Fsp3) is 0.231. The van der Waals surface area contributed by atoms with Gasteiger partial charge in [0, 0.05) is 5.56 Å². The first-order valence-corrected chi connectivity index (χ1v) is 6.38. The van der Waals surface area contributed by atoms with Gasteiger partial charge in [0.15, 0.2) is 0 Å². The third-order valence-electron chi connectivity index (χ3n) is 2.63. The normalized spacial score (nSPS) is 10.4. The summed E-state index contributed by atoms with van der Waals surface area (Å²) in [5.41, 5.74) is 1.45. The highest BCUT2D eigenvalue weighted by molar-refractivity contribution is 9.10. The van der Waals surface area contributed by atoms with Crippen molar-refractivity contribution in [2.45, 2.75) is 13.3 Å². The van der Waals surface area contributed by atoms with E-state index in [9.17, 15) is 4.79 Å². The third kappa shape index (κ3) is 2.46. The molecule has 0 atom stereocenters. The Morgan fingerprint density at radius 2 is 2.00 bits per heavy atom. The molecule has 1 N–H and O–H groups in total. The minimum absolute atomic E-state index is 0.160. The maximum Gasteiger partial charge on any atom is 0.265 e. The number of aromatic amines is 1. The van der Waals surface area contributed by atoms with Gasteiger partial charge in [-0.25, -0.2) is 4.98 Å². The Morgan fingerprint density at radius 3 is 2.56 bits per heavy atom. The maximum absolute atomic E-state index is 11.7. The summed E-state index contributed by atoms with van der Waals surface area (Å²) in [5.74, 6) is 1.34. The van der Waals surface area contributed by atoms with Crippen molar-refractivity contribution in [2.75, 3.05) is 7.11 Å². The van der Waals surface area contributed by atoms with Gasteiger partial charge in [-0.15, -0.1) is 0 Å². The van der Waals surface area contributed by atoms with Crippen molar-refractivity contribution in [1.82, 2.24) is 9.97 Å². The number of nitrogens with zero attached hydrogens (tertiary/aromatic N) is 1. The van der Waals surface area contributed by atoms with Crippen LogP contribution in [-0.4, -0.2) is 17.1 Å². The number of hydrogen-bond donors (Lipinski definition) is 1. The molecule has 0 bridgehead atoms. The predicted octanol–water partition coefficient (Wildman–Crippen LogP) is 2.77. The number of hydrogen-bond acceptors (Lipinski definition) is 3. The molecule has 18 heavy (non-hydrogen) atoms. The van der Waals surface area contributed by atoms with Gasteiger partial charge in [0.05, 0.1) is 12.8 Å². The second kappa shape index (κ2) is 5.35. The molecule has 0 aliphatic heterocycles. The van der Waals surface area contributed by atoms with E-state index in [4.69, 9.17) is 4.74 Å². The van der Waals surface area contributed by atoms with E-state index in [0.29, 0.717) is 16.7 Å². The van der Waals surface area contributed by atoms with Gasteiger partial charge >= 0.3 is 0 Å². The van der Waals surface area contributed by atoms with Crippen LogP contribution >= 0.6 is 15.9 Å². The second-order valence-corrected chi connectivity index (χ2v) is 4.55. The quantitative estimate of drug-likeness (QED) is 0.948. The topological polar surface area (TPSA) is 55.0 Å². The smallest absolute Gasteiger partial charge is 0.265 e. The van der Waals surface area contributed by atoms with E-state index in [2.05, 4.69) is 25.9 Å². The van der Waals surface area contributed by atoms with E-state index >= 15 is 0 Å². The number of benzene rings is 1. The molecule has 0 fully saturated rings. The SMILES string of the molecule is CCc1nc(-c2ccc(OC)cc2)[nH]c(=O)c1Br. The molecule has 5 heteroatoms. The van der Waals surface area contributed by atoms with Crippen LogP contribution in [0.4, 0.5) is 0 Å². The van der Waals surface area contributed by atoms with Crippen LogP contribution < -0.4 is 10.3 Å². The summed E-state index contributed by atoms with van der Waals surface area (Å²) in [4.78, 5) is 18.9. The summed E-state index contributed by atoms with van der Waals surface area (Å²) in [7, 11) is 1.62. The number of aromatic nitrogens is 2. The van der Waals surface area contributed by atoms with E-state index < -0.39 is 0 Å². The first-order chi connectivity index (χ1) is 8.65. The van der Waals surface area contributed by atoms with E-state index in [1.165, 1.54) is 0 Å². The minimum Gasteiger partial charge on any atom is -0.497 e. The first kappa shape index (κ1) is 12.8. The van der Waals surface area contributed by atoms with Crippen molar-refractivity contribution >= 4 is 15.9 Å². The molecule has 94 valence electrons. The van der Waals surface area contributed by atoms with E-state index in [1.54, 1.807) is 7.11 Å². The number of halogens is 1. The summed E-state index contributed by atoms with van der Waals surface area (Å²) in [6, 6.07) is 7.40. The molecule has 0 aliphatic rings. The van der Waals surface area contributed by atoms with Gasteiger partial charge in [0.25, 0.3) is 5.56 Å². The van der Waals surface area contributed by atoms with E-state index in [-0.39, 0.29) is 5.56 Å². The number of H-pyrrole nitrogens is 1. The Kier molecular flexibility index (Phi) is 3.81. The largest absolute Gasteiger partial charge is 0.497 e. The summed E-state index contributed by atoms with van der Waals surface area (Å²) >= 11 is 3.24. The number of methoxy groups -OCH3 is 1. The Labute approximate surface area is 113 Å². The lowest BCUT2D eigenvalue weighted by molar-refractivity contribution is 0.415. The molecule has 0 unspecified atom stereocenters. The number of rotatable bonds is 3. The van der Waals surface area contributed by atoms with Gasteiger partial charge in [0.2, 0.25) is 0 Å². The van der Waals surface area contributed by atoms with Crippen LogP contribution in [0.3, 0.4) is 0 Å². The molecule has 2 aromatic rings. The molecule has 1 aromatic carbocycles. The lowest BCUT2D eigenvalue weighted by Crippen LogP contribution is -2.13. The van der Waals surface area contributed by atoms with Crippen LogP contribution in [0.15, 0.2) is 33.5 Å². The van der Waals surface area contributed by atoms with E-state index in [1.807, 2.05) is 31.2 Å². The zero-order chi connectivity index (χ0) is 13.1. The number of aryl methyl sites for hydroxylation is 1. The Bertz CT molecular complexity index is 605. The molecule has 0 amide bonds. The van der Waals surface area contributed by atoms with Crippen molar-refractivity contribution in [3.63, 3.8) is 0 Å². The van der Waals surface area contributed by atoms with Crippen LogP contribution in [-0.2, 0) is 6.42 Å². The van der Waals surface area contributed by atoms with Crippen LogP contribution in [0, 0.1) is 0 Å². The molecule has 2 rings (SSSR count). The van der Waals surface area contributed by atoms with Crippen LogP contribution in [0.5, 0.6) is 5.75 Å². The highest BCUT2D eigenvalue weighted by atomic mass is 79.9. The summed E-state index contributed by atoms with van der Waals surface area (Å²) in [5, 5.41) is 0. The maximum atomic E-state index is 11.7. The van der Waals surface area contributed by atoms with Crippen molar-refractivity contribution in [3.8, 4) is 17.1 Å².